The Labute approximate surface area is 145 Å². The van der Waals surface area contributed by atoms with Crippen molar-refractivity contribution in [1.82, 2.24) is 0 Å². The van der Waals surface area contributed by atoms with Crippen LogP contribution in [0.5, 0.6) is 5.75 Å². The molecule has 132 valence electrons. The van der Waals surface area contributed by atoms with Gasteiger partial charge in [-0.2, -0.15) is 0 Å². The van der Waals surface area contributed by atoms with Gasteiger partial charge in [-0.3, -0.25) is 9.59 Å². The van der Waals surface area contributed by atoms with E-state index in [4.69, 9.17) is 9.84 Å². The summed E-state index contributed by atoms with van der Waals surface area (Å²) >= 11 is 0. The van der Waals surface area contributed by atoms with Crippen LogP contribution in [0.4, 0.5) is 10.1 Å². The Morgan fingerprint density at radius 3 is 2.64 bits per heavy atom. The van der Waals surface area contributed by atoms with E-state index in [9.17, 15) is 14.0 Å². The van der Waals surface area contributed by atoms with Crippen LogP contribution in [-0.2, 0) is 16.0 Å². The summed E-state index contributed by atoms with van der Waals surface area (Å²) in [5.74, 6) is -2.10. The van der Waals surface area contributed by atoms with E-state index in [1.54, 1.807) is 37.3 Å². The molecule has 1 unspecified atom stereocenters. The van der Waals surface area contributed by atoms with Gasteiger partial charge in [-0.05, 0) is 48.7 Å². The molecule has 2 rings (SSSR count). The quantitative estimate of drug-likeness (QED) is 0.804. The number of carboxylic acid groups (broad SMARTS) is 1. The van der Waals surface area contributed by atoms with Crippen molar-refractivity contribution < 1.29 is 23.8 Å². The van der Waals surface area contributed by atoms with Crippen LogP contribution in [0.25, 0.3) is 0 Å². The number of aliphatic carboxylic acids is 1. The fourth-order valence-corrected chi connectivity index (χ4v) is 2.38. The smallest absolute Gasteiger partial charge is 0.310 e. The molecule has 0 aliphatic rings. The molecule has 0 heterocycles. The number of aryl methyl sites for hydroxylation is 1. The summed E-state index contributed by atoms with van der Waals surface area (Å²) in [5, 5.41) is 11.8. The topological polar surface area (TPSA) is 75.6 Å². The van der Waals surface area contributed by atoms with Crippen molar-refractivity contribution in [1.29, 1.82) is 0 Å². The number of methoxy groups -OCH3 is 1. The molecule has 2 N–H and O–H groups in total. The molecular formula is C19H20FNO4. The van der Waals surface area contributed by atoms with Crippen LogP contribution in [-0.4, -0.2) is 24.1 Å². The SMILES string of the molecule is COc1ccc(CCC(=O)Nc2cccc(C(C)C(=O)O)c2)cc1F. The largest absolute Gasteiger partial charge is 0.494 e. The van der Waals surface area contributed by atoms with Gasteiger partial charge < -0.3 is 15.2 Å². The molecule has 0 radical (unpaired) electrons. The molecule has 2 aromatic carbocycles. The Morgan fingerprint density at radius 1 is 1.24 bits per heavy atom. The maximum Gasteiger partial charge on any atom is 0.310 e. The van der Waals surface area contributed by atoms with Crippen LogP contribution in [0.1, 0.15) is 30.4 Å². The fourth-order valence-electron chi connectivity index (χ4n) is 2.38. The molecule has 0 fully saturated rings. The summed E-state index contributed by atoms with van der Waals surface area (Å²) in [6, 6.07) is 11.3. The van der Waals surface area contributed by atoms with E-state index in [1.165, 1.54) is 19.2 Å². The number of nitrogens with one attached hydrogen (secondary N) is 1. The Bertz CT molecular complexity index is 776. The average molecular weight is 345 g/mol. The number of ether oxygens (including phenoxy) is 1. The predicted octanol–water partition coefficient (Wildman–Crippen LogP) is 3.59. The number of halogens is 1. The Kier molecular flexibility index (Phi) is 6.11. The van der Waals surface area contributed by atoms with Gasteiger partial charge in [0.1, 0.15) is 0 Å². The summed E-state index contributed by atoms with van der Waals surface area (Å²) in [6.07, 6.45) is 0.572. The lowest BCUT2D eigenvalue weighted by atomic mass is 10.0. The first-order valence-corrected chi connectivity index (χ1v) is 7.85. The minimum Gasteiger partial charge on any atom is -0.494 e. The van der Waals surface area contributed by atoms with Crippen LogP contribution in [0.3, 0.4) is 0 Å². The predicted molar refractivity (Wildman–Crippen MR) is 92.4 cm³/mol. The van der Waals surface area contributed by atoms with E-state index in [0.717, 1.165) is 0 Å². The zero-order chi connectivity index (χ0) is 18.4. The zero-order valence-corrected chi connectivity index (χ0v) is 14.1. The lowest BCUT2D eigenvalue weighted by Crippen LogP contribution is -2.13. The molecule has 0 spiro atoms. The van der Waals surface area contributed by atoms with Crippen molar-refractivity contribution in [2.24, 2.45) is 0 Å². The van der Waals surface area contributed by atoms with Crippen molar-refractivity contribution in [2.75, 3.05) is 12.4 Å². The number of carbonyl (C=O) groups excluding carboxylic acids is 1. The third-order valence-corrected chi connectivity index (χ3v) is 3.90. The monoisotopic (exact) mass is 345 g/mol. The highest BCUT2D eigenvalue weighted by Crippen LogP contribution is 2.21. The molecule has 1 atom stereocenters. The molecule has 0 saturated carbocycles. The second-order valence-electron chi connectivity index (χ2n) is 5.70. The molecule has 2 aromatic rings. The van der Waals surface area contributed by atoms with Crippen molar-refractivity contribution in [3.8, 4) is 5.75 Å². The van der Waals surface area contributed by atoms with Crippen LogP contribution in [0.15, 0.2) is 42.5 Å². The molecular weight excluding hydrogens is 325 g/mol. The fraction of sp³-hybridized carbons (Fsp3) is 0.263. The van der Waals surface area contributed by atoms with Crippen LogP contribution in [0.2, 0.25) is 0 Å². The Balaban J connectivity index is 1.95. The van der Waals surface area contributed by atoms with Crippen molar-refractivity contribution in [2.45, 2.75) is 25.7 Å². The number of anilines is 1. The highest BCUT2D eigenvalue weighted by atomic mass is 19.1. The minimum atomic E-state index is -0.926. The van der Waals surface area contributed by atoms with E-state index in [0.29, 0.717) is 23.2 Å². The number of carboxylic acids is 1. The van der Waals surface area contributed by atoms with Crippen molar-refractivity contribution in [3.05, 3.63) is 59.4 Å². The third-order valence-electron chi connectivity index (χ3n) is 3.90. The van der Waals surface area contributed by atoms with Crippen molar-refractivity contribution >= 4 is 17.6 Å². The molecule has 25 heavy (non-hydrogen) atoms. The van der Waals surface area contributed by atoms with Crippen LogP contribution >= 0.6 is 0 Å². The lowest BCUT2D eigenvalue weighted by molar-refractivity contribution is -0.138. The van der Waals surface area contributed by atoms with Gasteiger partial charge >= 0.3 is 5.97 Å². The summed E-state index contributed by atoms with van der Waals surface area (Å²) in [4.78, 5) is 23.1. The number of benzene rings is 2. The zero-order valence-electron chi connectivity index (χ0n) is 14.1. The summed E-state index contributed by atoms with van der Waals surface area (Å²) in [7, 11) is 1.39. The van der Waals surface area contributed by atoms with Gasteiger partial charge in [-0.25, -0.2) is 4.39 Å². The van der Waals surface area contributed by atoms with Gasteiger partial charge in [-0.1, -0.05) is 18.2 Å². The van der Waals surface area contributed by atoms with Crippen LogP contribution in [0, 0.1) is 5.82 Å². The first-order valence-electron chi connectivity index (χ1n) is 7.85. The highest BCUT2D eigenvalue weighted by Gasteiger charge is 2.14. The minimum absolute atomic E-state index is 0.164. The highest BCUT2D eigenvalue weighted by molar-refractivity contribution is 5.91. The molecule has 0 aromatic heterocycles. The van der Waals surface area contributed by atoms with E-state index < -0.39 is 17.7 Å². The van der Waals surface area contributed by atoms with E-state index in [1.807, 2.05) is 0 Å². The van der Waals surface area contributed by atoms with E-state index >= 15 is 0 Å². The molecule has 6 heteroatoms. The number of rotatable bonds is 7. The lowest BCUT2D eigenvalue weighted by Gasteiger charge is -2.10. The molecule has 5 nitrogen and oxygen atoms in total. The molecule has 0 aliphatic heterocycles. The average Bonchev–Trinajstić information content (AvgIpc) is 2.59. The standard InChI is InChI=1S/C19H20FNO4/c1-12(19(23)24)14-4-3-5-15(11-14)21-18(22)9-7-13-6-8-17(25-2)16(20)10-13/h3-6,8,10-12H,7,9H2,1-2H3,(H,21,22)(H,23,24). The van der Waals surface area contributed by atoms with Gasteiger partial charge in [0.15, 0.2) is 11.6 Å². The normalized spacial score (nSPS) is 11.6. The molecule has 1 amide bonds. The second kappa shape index (κ2) is 8.28. The van der Waals surface area contributed by atoms with Gasteiger partial charge in [0.2, 0.25) is 5.91 Å². The summed E-state index contributed by atoms with van der Waals surface area (Å²) < 4.78 is 18.5. The molecule has 0 aliphatic carbocycles. The number of hydrogen-bond acceptors (Lipinski definition) is 3. The van der Waals surface area contributed by atoms with Gasteiger partial charge in [-0.15, -0.1) is 0 Å². The summed E-state index contributed by atoms with van der Waals surface area (Å²) in [5.41, 5.74) is 1.85. The molecule has 0 saturated heterocycles. The second-order valence-corrected chi connectivity index (χ2v) is 5.70. The van der Waals surface area contributed by atoms with Crippen LogP contribution < -0.4 is 10.1 Å². The van der Waals surface area contributed by atoms with Crippen molar-refractivity contribution in [3.63, 3.8) is 0 Å². The maximum absolute atomic E-state index is 13.6. The van der Waals surface area contributed by atoms with Gasteiger partial charge in [0.05, 0.1) is 13.0 Å². The Morgan fingerprint density at radius 2 is 2.00 bits per heavy atom. The number of hydrogen-bond donors (Lipinski definition) is 2. The number of amides is 1. The van der Waals surface area contributed by atoms with E-state index in [2.05, 4.69) is 5.32 Å². The first-order chi connectivity index (χ1) is 11.9. The first kappa shape index (κ1) is 18.4. The number of carbonyl (C=O) groups is 2. The Hall–Kier alpha value is -2.89. The maximum atomic E-state index is 13.6. The molecule has 0 bridgehead atoms. The third kappa shape index (κ3) is 5.04. The summed E-state index contributed by atoms with van der Waals surface area (Å²) in [6.45, 7) is 1.58. The van der Waals surface area contributed by atoms with Gasteiger partial charge in [0, 0.05) is 12.1 Å². The van der Waals surface area contributed by atoms with Gasteiger partial charge in [0.25, 0.3) is 0 Å². The van der Waals surface area contributed by atoms with E-state index in [-0.39, 0.29) is 18.1 Å².